The van der Waals surface area contributed by atoms with Gasteiger partial charge in [0, 0.05) is 24.7 Å². The molecule has 0 radical (unpaired) electrons. The molecule has 6 atom stereocenters. The largest absolute Gasteiger partial charge is 0.391 e. The lowest BCUT2D eigenvalue weighted by atomic mass is 9.78. The maximum absolute atomic E-state index is 13.6. The number of hydrogen-bond acceptors (Lipinski definition) is 8. The van der Waals surface area contributed by atoms with Gasteiger partial charge in [-0.25, -0.2) is 23.5 Å². The van der Waals surface area contributed by atoms with E-state index in [9.17, 15) is 14.7 Å². The Morgan fingerprint density at radius 2 is 1.98 bits per heavy atom. The van der Waals surface area contributed by atoms with Crippen LogP contribution in [0.1, 0.15) is 42.8 Å². The molecule has 1 aliphatic carbocycles. The van der Waals surface area contributed by atoms with Gasteiger partial charge in [-0.05, 0) is 63.8 Å². The van der Waals surface area contributed by atoms with E-state index in [1.165, 1.54) is 19.5 Å². The number of nitrogens with zero attached hydrogens (tertiary/aromatic N) is 6. The predicted octanol–water partition coefficient (Wildman–Crippen LogP) is 1.73. The second kappa shape index (κ2) is 9.45. The molecule has 11 heteroatoms. The summed E-state index contributed by atoms with van der Waals surface area (Å²) >= 11 is 0. The minimum atomic E-state index is -0.925. The van der Waals surface area contributed by atoms with Crippen LogP contribution >= 0.6 is 0 Å². The zero-order chi connectivity index (χ0) is 27.7. The van der Waals surface area contributed by atoms with Gasteiger partial charge < -0.3 is 19.6 Å². The van der Waals surface area contributed by atoms with Gasteiger partial charge in [-0.15, -0.1) is 0 Å². The summed E-state index contributed by atoms with van der Waals surface area (Å²) in [5.74, 6) is -0.278. The van der Waals surface area contributed by atoms with Gasteiger partial charge in [-0.1, -0.05) is 23.4 Å². The summed E-state index contributed by atoms with van der Waals surface area (Å²) in [5.41, 5.74) is 4.86. The van der Waals surface area contributed by atoms with Crippen LogP contribution in [0.3, 0.4) is 0 Å². The van der Waals surface area contributed by atoms with Crippen molar-refractivity contribution in [3.8, 4) is 5.69 Å². The van der Waals surface area contributed by atoms with Crippen LogP contribution < -0.4 is 16.3 Å². The average Bonchev–Trinajstić information content (AvgIpc) is 3.70. The highest BCUT2D eigenvalue weighted by Gasteiger charge is 2.61. The summed E-state index contributed by atoms with van der Waals surface area (Å²) < 4.78 is 9.85. The Hall–Kier alpha value is -3.70. The topological polar surface area (TPSA) is 119 Å². The Morgan fingerprint density at radius 3 is 2.77 bits per heavy atom. The van der Waals surface area contributed by atoms with Crippen molar-refractivity contribution in [2.24, 2.45) is 11.1 Å². The molecule has 0 amide bonds. The van der Waals surface area contributed by atoms with E-state index in [0.29, 0.717) is 30.9 Å². The molecule has 3 aliphatic heterocycles. The Labute approximate surface area is 231 Å². The minimum absolute atomic E-state index is 0.203. The molecule has 5 heterocycles. The second-order valence-electron chi connectivity index (χ2n) is 11.4. The van der Waals surface area contributed by atoms with Crippen molar-refractivity contribution in [2.45, 2.75) is 77.0 Å². The van der Waals surface area contributed by atoms with E-state index in [1.807, 2.05) is 19.9 Å². The van der Waals surface area contributed by atoms with Crippen LogP contribution in [0.4, 0.5) is 5.69 Å². The van der Waals surface area contributed by atoms with Gasteiger partial charge in [0.25, 0.3) is 0 Å². The Bertz CT molecular complexity index is 1610. The molecule has 1 saturated heterocycles. The molecule has 4 aliphatic rings. The van der Waals surface area contributed by atoms with Crippen molar-refractivity contribution < 1.29 is 14.7 Å². The lowest BCUT2D eigenvalue weighted by Gasteiger charge is -2.38. The average molecular weight is 547 g/mol. The smallest absolute Gasteiger partial charge is 0.352 e. The van der Waals surface area contributed by atoms with Crippen LogP contribution in [-0.4, -0.2) is 67.2 Å². The van der Waals surface area contributed by atoms with Crippen LogP contribution in [0.5, 0.6) is 0 Å². The van der Waals surface area contributed by atoms with Gasteiger partial charge in [-0.3, -0.25) is 4.98 Å². The first kappa shape index (κ1) is 25.3. The Balaban J connectivity index is 1.15. The third kappa shape index (κ3) is 3.94. The minimum Gasteiger partial charge on any atom is -0.391 e. The Morgan fingerprint density at radius 1 is 1.18 bits per heavy atom. The number of rotatable bonds is 5. The van der Waals surface area contributed by atoms with E-state index in [1.54, 1.807) is 24.3 Å². The van der Waals surface area contributed by atoms with Gasteiger partial charge in [0.2, 0.25) is 0 Å². The summed E-state index contributed by atoms with van der Waals surface area (Å²) in [6.45, 7) is 8.07. The SMILES string of the molecule is Cc1cc2c(nc1C)CCCN2CC(C)O/N=C1/[C@H]2CCn3c(=O)n(-c4ccccc4)c(=O)n3[C@H]2[C@H](O)[C@@H]2O[C@H]12. The summed E-state index contributed by atoms with van der Waals surface area (Å²) in [4.78, 5) is 40.0. The predicted molar refractivity (Wildman–Crippen MR) is 148 cm³/mol. The van der Waals surface area contributed by atoms with E-state index in [2.05, 4.69) is 23.0 Å². The van der Waals surface area contributed by atoms with Crippen LogP contribution in [0.15, 0.2) is 51.1 Å². The number of hydrogen-bond donors (Lipinski definition) is 1. The number of benzene rings is 1. The molecule has 40 heavy (non-hydrogen) atoms. The number of epoxide rings is 1. The first-order valence-electron chi connectivity index (χ1n) is 14.1. The Kier molecular flexibility index (Phi) is 5.97. The standard InChI is InChI=1S/C29H34N6O5/c1-16-14-22-21(30-18(16)3)10-7-12-32(22)15-17(2)40-31-23-20-11-13-33-28(37)34(19-8-5-4-6-9-19)29(38)35(33)24(20)25(36)27-26(23)39-27/h4-6,8-9,14,17,20,24-27,36H,7,10-13,15H2,1-3H3/b31-23-/t17?,20-,24-,25+,26-,27+/m1/s1. The molecule has 3 aromatic rings. The third-order valence-corrected chi connectivity index (χ3v) is 8.82. The van der Waals surface area contributed by atoms with E-state index in [4.69, 9.17) is 14.6 Å². The first-order chi connectivity index (χ1) is 19.3. The van der Waals surface area contributed by atoms with Crippen LogP contribution in [-0.2, 0) is 22.5 Å². The molecule has 1 saturated carbocycles. The molecule has 7 rings (SSSR count). The molecular formula is C29H34N6O5. The van der Waals surface area contributed by atoms with Crippen molar-refractivity contribution in [3.63, 3.8) is 0 Å². The zero-order valence-corrected chi connectivity index (χ0v) is 22.9. The summed E-state index contributed by atoms with van der Waals surface area (Å²) in [5, 5.41) is 15.8. The molecule has 0 spiro atoms. The van der Waals surface area contributed by atoms with Crippen molar-refractivity contribution in [1.29, 1.82) is 0 Å². The van der Waals surface area contributed by atoms with Gasteiger partial charge in [0.1, 0.15) is 24.4 Å². The molecule has 1 unspecified atom stereocenters. The number of para-hydroxylation sites is 1. The number of pyridine rings is 1. The van der Waals surface area contributed by atoms with Gasteiger partial charge in [0.15, 0.2) is 0 Å². The molecule has 1 aromatic carbocycles. The number of aliphatic hydroxyl groups excluding tert-OH is 1. The molecule has 0 bridgehead atoms. The maximum atomic E-state index is 13.6. The highest BCUT2D eigenvalue weighted by molar-refractivity contribution is 5.94. The van der Waals surface area contributed by atoms with Crippen molar-refractivity contribution in [2.75, 3.05) is 18.0 Å². The van der Waals surface area contributed by atoms with Crippen LogP contribution in [0.2, 0.25) is 0 Å². The van der Waals surface area contributed by atoms with E-state index < -0.39 is 29.6 Å². The van der Waals surface area contributed by atoms with Gasteiger partial charge >= 0.3 is 11.4 Å². The zero-order valence-electron chi connectivity index (χ0n) is 22.9. The van der Waals surface area contributed by atoms with Crippen molar-refractivity contribution in [1.82, 2.24) is 18.9 Å². The molecule has 210 valence electrons. The fourth-order valence-electron chi connectivity index (χ4n) is 6.68. The van der Waals surface area contributed by atoms with Gasteiger partial charge in [0.05, 0.1) is 35.4 Å². The third-order valence-electron chi connectivity index (χ3n) is 8.82. The molecule has 1 N–H and O–H groups in total. The number of aryl methyl sites for hydroxylation is 3. The lowest BCUT2D eigenvalue weighted by molar-refractivity contribution is 0.0300. The highest BCUT2D eigenvalue weighted by Crippen LogP contribution is 2.46. The monoisotopic (exact) mass is 546 g/mol. The number of fused-ring (bicyclic) bond motifs is 5. The lowest BCUT2D eigenvalue weighted by Crippen LogP contribution is -2.53. The second-order valence-corrected chi connectivity index (χ2v) is 11.4. The summed E-state index contributed by atoms with van der Waals surface area (Å²) in [7, 11) is 0. The van der Waals surface area contributed by atoms with Crippen LogP contribution in [0, 0.1) is 19.8 Å². The van der Waals surface area contributed by atoms with Crippen LogP contribution in [0.25, 0.3) is 5.69 Å². The fourth-order valence-corrected chi connectivity index (χ4v) is 6.68. The first-order valence-corrected chi connectivity index (χ1v) is 14.1. The quantitative estimate of drug-likeness (QED) is 0.382. The summed E-state index contributed by atoms with van der Waals surface area (Å²) in [6, 6.07) is 10.4. The molecular weight excluding hydrogens is 512 g/mol. The number of aliphatic hydroxyl groups is 1. The molecule has 2 fully saturated rings. The normalized spacial score (nSPS) is 28.4. The molecule has 11 nitrogen and oxygen atoms in total. The van der Waals surface area contributed by atoms with E-state index in [0.717, 1.165) is 36.5 Å². The maximum Gasteiger partial charge on any atom is 0.352 e. The van der Waals surface area contributed by atoms with Gasteiger partial charge in [-0.2, -0.15) is 0 Å². The number of aromatic nitrogens is 4. The van der Waals surface area contributed by atoms with Crippen molar-refractivity contribution in [3.05, 3.63) is 74.3 Å². The number of oxime groups is 1. The van der Waals surface area contributed by atoms with Crippen molar-refractivity contribution >= 4 is 11.4 Å². The molecule has 2 aromatic heterocycles. The summed E-state index contributed by atoms with van der Waals surface area (Å²) in [6.07, 6.45) is 0.636. The highest BCUT2D eigenvalue weighted by atomic mass is 16.6. The number of ether oxygens (including phenoxy) is 1. The van der Waals surface area contributed by atoms with E-state index in [-0.39, 0.29) is 18.1 Å². The van der Waals surface area contributed by atoms with E-state index >= 15 is 0 Å². The fraction of sp³-hybridized carbons (Fsp3) is 0.517. The number of anilines is 1.